The van der Waals surface area contributed by atoms with Crippen molar-refractivity contribution < 1.29 is 23.1 Å². The van der Waals surface area contributed by atoms with Crippen molar-refractivity contribution in [1.82, 2.24) is 0 Å². The summed E-state index contributed by atoms with van der Waals surface area (Å²) in [5.74, 6) is 0.871. The number of allylic oxidation sites excluding steroid dienone is 3. The summed E-state index contributed by atoms with van der Waals surface area (Å²) < 4.78 is 6.64. The molecule has 32 heavy (non-hydrogen) atoms. The molecule has 1 aliphatic carbocycles. The van der Waals surface area contributed by atoms with Gasteiger partial charge >= 0.3 is 89.9 Å². The first-order chi connectivity index (χ1) is 14.9. The summed E-state index contributed by atoms with van der Waals surface area (Å²) in [4.78, 5) is 0. The second-order valence-electron chi connectivity index (χ2n) is 10.7. The Kier molecular flexibility index (Phi) is 9.57. The zero-order chi connectivity index (χ0) is 23.9. The van der Waals surface area contributed by atoms with Gasteiger partial charge in [-0.05, 0) is 34.1 Å². The number of fused-ring (bicyclic) bond motifs is 1. The van der Waals surface area contributed by atoms with Crippen LogP contribution in [0.4, 0.5) is 0 Å². The molecule has 1 nitrogen and oxygen atoms in total. The van der Waals surface area contributed by atoms with E-state index in [1.165, 1.54) is 11.1 Å². The van der Waals surface area contributed by atoms with Gasteiger partial charge in [0.1, 0.15) is 5.75 Å². The van der Waals surface area contributed by atoms with Gasteiger partial charge in [-0.1, -0.05) is 66.3 Å². The van der Waals surface area contributed by atoms with Crippen molar-refractivity contribution in [3.05, 3.63) is 95.8 Å². The standard InChI is InChI=1S/C18H26O.C9H7.C2H7Si.Ti/c1-8-14(17(2,3)4)13-19-16-11-9-10-15(12-16)18(5,6)7;1-2-5-9-7-3-6-8(9)4-1;1-3-2;/h8-13H,1H2,2-7H3;1-7H;3H,1-2H3;. The summed E-state index contributed by atoms with van der Waals surface area (Å²) in [5.41, 5.74) is 5.61. The van der Waals surface area contributed by atoms with Gasteiger partial charge in [0.15, 0.2) is 0 Å². The topological polar surface area (TPSA) is 9.23 Å². The second kappa shape index (κ2) is 11.5. The van der Waals surface area contributed by atoms with E-state index in [-0.39, 0.29) is 17.5 Å². The van der Waals surface area contributed by atoms with E-state index >= 15 is 0 Å². The number of ether oxygens (including phenoxy) is 1. The van der Waals surface area contributed by atoms with Crippen molar-refractivity contribution in [2.75, 3.05) is 0 Å². The fraction of sp³-hybridized carbons (Fsp3) is 0.379. The number of benzene rings is 2. The van der Waals surface area contributed by atoms with E-state index in [1.807, 2.05) is 18.2 Å². The minimum absolute atomic E-state index is 0.0450. The second-order valence-corrected chi connectivity index (χ2v) is 21.3. The molecule has 1 aliphatic rings. The Balaban J connectivity index is 0.000000242. The third kappa shape index (κ3) is 8.07. The molecule has 1 unspecified atom stereocenters. The van der Waals surface area contributed by atoms with Crippen LogP contribution in [0.25, 0.3) is 6.08 Å². The third-order valence-corrected chi connectivity index (χ3v) is 12.0. The molecule has 0 heterocycles. The fourth-order valence-electron chi connectivity index (χ4n) is 3.45. The molecule has 0 saturated heterocycles. The van der Waals surface area contributed by atoms with E-state index in [0.29, 0.717) is 18.4 Å². The number of hydrogen-bond donors (Lipinski definition) is 0. The summed E-state index contributed by atoms with van der Waals surface area (Å²) in [6.45, 7) is 21.5. The van der Waals surface area contributed by atoms with Crippen LogP contribution in [-0.2, 0) is 23.8 Å². The maximum atomic E-state index is 5.79. The summed E-state index contributed by atoms with van der Waals surface area (Å²) in [7, 11) is 0. The van der Waals surface area contributed by atoms with E-state index in [9.17, 15) is 0 Å². The Morgan fingerprint density at radius 2 is 1.69 bits per heavy atom. The normalized spacial score (nSPS) is 15.7. The molecule has 0 aromatic heterocycles. The van der Waals surface area contributed by atoms with Gasteiger partial charge in [0.05, 0.1) is 6.26 Å². The van der Waals surface area contributed by atoms with Crippen LogP contribution in [0, 0.1) is 5.41 Å². The van der Waals surface area contributed by atoms with Gasteiger partial charge in [0, 0.05) is 0 Å². The first kappa shape index (κ1) is 26.6. The average Bonchev–Trinajstić information content (AvgIpc) is 3.10. The van der Waals surface area contributed by atoms with Gasteiger partial charge < -0.3 is 4.74 Å². The van der Waals surface area contributed by atoms with Crippen LogP contribution in [0.2, 0.25) is 13.1 Å². The van der Waals surface area contributed by atoms with Crippen molar-refractivity contribution in [3.63, 3.8) is 0 Å². The van der Waals surface area contributed by atoms with Crippen LogP contribution in [-0.4, -0.2) is 6.66 Å². The quantitative estimate of drug-likeness (QED) is 0.238. The molecule has 2 aromatic carbocycles. The van der Waals surface area contributed by atoms with Gasteiger partial charge in [0.2, 0.25) is 0 Å². The van der Waals surface area contributed by atoms with E-state index in [0.717, 1.165) is 15.5 Å². The minimum atomic E-state index is -0.309. The Morgan fingerprint density at radius 1 is 1.00 bits per heavy atom. The molecule has 0 fully saturated rings. The van der Waals surface area contributed by atoms with Crippen LogP contribution in [0.1, 0.15) is 62.5 Å². The Labute approximate surface area is 206 Å². The summed E-state index contributed by atoms with van der Waals surface area (Å²) in [6.07, 6.45) is 8.39. The summed E-state index contributed by atoms with van der Waals surface area (Å²) >= 11 is 0.290. The van der Waals surface area contributed by atoms with Gasteiger partial charge in [-0.15, -0.1) is 0 Å². The van der Waals surface area contributed by atoms with E-state index in [2.05, 4.69) is 110 Å². The maximum absolute atomic E-state index is 5.79. The predicted octanol–water partition coefficient (Wildman–Crippen LogP) is 8.30. The van der Waals surface area contributed by atoms with Crippen molar-refractivity contribution in [3.8, 4) is 5.75 Å². The van der Waals surface area contributed by atoms with Crippen molar-refractivity contribution >= 4 is 12.7 Å². The first-order valence-electron chi connectivity index (χ1n) is 11.6. The molecular formula is C29H40OSiTi. The molecule has 3 rings (SSSR count). The molecule has 0 saturated carbocycles. The van der Waals surface area contributed by atoms with Crippen LogP contribution in [0.15, 0.2) is 79.1 Å². The average molecular weight is 481 g/mol. The molecule has 3 heteroatoms. The zero-order valence-corrected chi connectivity index (χ0v) is 23.9. The molecule has 0 radical (unpaired) electrons. The van der Waals surface area contributed by atoms with Crippen LogP contribution >= 0.6 is 0 Å². The molecule has 0 bridgehead atoms. The van der Waals surface area contributed by atoms with E-state index < -0.39 is 0 Å². The fourth-order valence-corrected chi connectivity index (χ4v) is 9.75. The van der Waals surface area contributed by atoms with Crippen molar-refractivity contribution in [1.29, 1.82) is 0 Å². The molecule has 0 aliphatic heterocycles. The molecule has 0 N–H and O–H groups in total. The summed E-state index contributed by atoms with van der Waals surface area (Å²) in [6, 6.07) is 17.1. The van der Waals surface area contributed by atoms with Crippen LogP contribution in [0.5, 0.6) is 5.75 Å². The molecular weight excluding hydrogens is 440 g/mol. The Morgan fingerprint density at radius 3 is 2.28 bits per heavy atom. The molecule has 1 atom stereocenters. The van der Waals surface area contributed by atoms with Gasteiger partial charge in [0.25, 0.3) is 0 Å². The third-order valence-electron chi connectivity index (χ3n) is 5.42. The zero-order valence-electron chi connectivity index (χ0n) is 21.2. The van der Waals surface area contributed by atoms with E-state index in [4.69, 9.17) is 4.74 Å². The molecule has 0 spiro atoms. The number of hydrogen-bond acceptors (Lipinski definition) is 1. The predicted molar refractivity (Wildman–Crippen MR) is 141 cm³/mol. The SMILES string of the molecule is C=CC(=COc1cccc(C(C)(C)C)c1)C(C)(C)C.C[SiH](C)[Ti][CH]1C=Cc2ccccc21. The van der Waals surface area contributed by atoms with E-state index in [1.54, 1.807) is 11.8 Å². The monoisotopic (exact) mass is 480 g/mol. The van der Waals surface area contributed by atoms with Crippen molar-refractivity contribution in [2.45, 2.75) is 64.3 Å². The van der Waals surface area contributed by atoms with Gasteiger partial charge in [-0.2, -0.15) is 0 Å². The molecule has 0 amide bonds. The molecule has 170 valence electrons. The summed E-state index contributed by atoms with van der Waals surface area (Å²) in [5, 5.41) is 0. The van der Waals surface area contributed by atoms with Gasteiger partial charge in [-0.25, -0.2) is 0 Å². The Hall–Kier alpha value is -1.61. The first-order valence-corrected chi connectivity index (χ1v) is 18.0. The van der Waals surface area contributed by atoms with Crippen LogP contribution in [0.3, 0.4) is 0 Å². The molecule has 2 aromatic rings. The Bertz CT molecular complexity index is 958. The van der Waals surface area contributed by atoms with Crippen LogP contribution < -0.4 is 4.74 Å². The number of rotatable bonds is 5. The van der Waals surface area contributed by atoms with Crippen molar-refractivity contribution in [2.24, 2.45) is 5.41 Å². The van der Waals surface area contributed by atoms with Gasteiger partial charge in [-0.3, -0.25) is 0 Å².